The highest BCUT2D eigenvalue weighted by Gasteiger charge is 2.68. The molecule has 0 radical (unpaired) electrons. The van der Waals surface area contributed by atoms with Gasteiger partial charge in [-0.3, -0.25) is 4.79 Å². The van der Waals surface area contributed by atoms with Crippen LogP contribution < -0.4 is 0 Å². The van der Waals surface area contributed by atoms with Gasteiger partial charge in [0.2, 0.25) is 0 Å². The van der Waals surface area contributed by atoms with Crippen molar-refractivity contribution in [3.05, 3.63) is 12.2 Å². The molecule has 0 saturated heterocycles. The number of esters is 1. The Balaban J connectivity index is 2.02. The van der Waals surface area contributed by atoms with Crippen LogP contribution in [0.3, 0.4) is 0 Å². The van der Waals surface area contributed by atoms with Crippen LogP contribution in [-0.2, 0) is 9.53 Å². The number of ether oxygens (including phenoxy) is 1. The molecule has 2 nitrogen and oxygen atoms in total. The van der Waals surface area contributed by atoms with Crippen LogP contribution in [-0.4, -0.2) is 12.1 Å². The van der Waals surface area contributed by atoms with E-state index in [9.17, 15) is 4.79 Å². The Kier molecular flexibility index (Phi) is 2.69. The largest absolute Gasteiger partial charge is 0.462 e. The van der Waals surface area contributed by atoms with Crippen molar-refractivity contribution in [1.29, 1.82) is 0 Å². The maximum atomic E-state index is 11.4. The zero-order valence-electron chi connectivity index (χ0n) is 12.7. The lowest BCUT2D eigenvalue weighted by molar-refractivity contribution is -0.150. The van der Waals surface area contributed by atoms with Crippen molar-refractivity contribution in [3.63, 3.8) is 0 Å². The van der Waals surface area contributed by atoms with Crippen LogP contribution in [0.4, 0.5) is 0 Å². The highest BCUT2D eigenvalue weighted by atomic mass is 16.5. The minimum atomic E-state index is -0.120. The highest BCUT2D eigenvalue weighted by Crippen LogP contribution is 2.72. The van der Waals surface area contributed by atoms with Gasteiger partial charge in [-0.25, -0.2) is 0 Å². The SMILES string of the molecule is C=C1CCC23CC1C(C)(C)C2C(OC(C)=O)CC3C. The summed E-state index contributed by atoms with van der Waals surface area (Å²) in [5, 5.41) is 0. The van der Waals surface area contributed by atoms with Gasteiger partial charge in [0, 0.05) is 12.8 Å². The second kappa shape index (κ2) is 3.86. The summed E-state index contributed by atoms with van der Waals surface area (Å²) >= 11 is 0. The van der Waals surface area contributed by atoms with Gasteiger partial charge in [0.15, 0.2) is 0 Å². The van der Waals surface area contributed by atoms with Crippen LogP contribution in [0.25, 0.3) is 0 Å². The van der Waals surface area contributed by atoms with E-state index in [0.717, 1.165) is 6.42 Å². The monoisotopic (exact) mass is 262 g/mol. The summed E-state index contributed by atoms with van der Waals surface area (Å²) in [5.41, 5.74) is 2.05. The van der Waals surface area contributed by atoms with Gasteiger partial charge in [-0.2, -0.15) is 0 Å². The van der Waals surface area contributed by atoms with Crippen molar-refractivity contribution >= 4 is 5.97 Å². The number of hydrogen-bond donors (Lipinski definition) is 0. The number of carbonyl (C=O) groups excluding carboxylic acids is 1. The normalized spacial score (nSPS) is 47.1. The Labute approximate surface area is 116 Å². The standard InChI is InChI=1S/C17H26O2/c1-10-6-7-17-9-13(10)16(4,5)15(17)14(8-11(17)2)19-12(3)18/h11,13-15H,1,6-9H2,2-5H3. The molecule has 3 aliphatic carbocycles. The first-order chi connectivity index (χ1) is 8.79. The molecular formula is C17H26O2. The minimum absolute atomic E-state index is 0.120. The Bertz CT molecular complexity index is 437. The van der Waals surface area contributed by atoms with Gasteiger partial charge in [-0.05, 0) is 48.3 Å². The molecule has 3 rings (SSSR count). The Morgan fingerprint density at radius 2 is 2.11 bits per heavy atom. The fourth-order valence-corrected chi connectivity index (χ4v) is 5.88. The first-order valence-electron chi connectivity index (χ1n) is 7.64. The summed E-state index contributed by atoms with van der Waals surface area (Å²) in [6.07, 6.45) is 4.85. The first kappa shape index (κ1) is 13.2. The average molecular weight is 262 g/mol. The van der Waals surface area contributed by atoms with E-state index in [2.05, 4.69) is 27.4 Å². The van der Waals surface area contributed by atoms with E-state index >= 15 is 0 Å². The van der Waals surface area contributed by atoms with Gasteiger partial charge >= 0.3 is 5.97 Å². The number of fused-ring (bicyclic) bond motifs is 1. The fourth-order valence-electron chi connectivity index (χ4n) is 5.88. The number of carbonyl (C=O) groups is 1. The molecule has 0 aromatic heterocycles. The van der Waals surface area contributed by atoms with E-state index in [4.69, 9.17) is 4.74 Å². The fraction of sp³-hybridized carbons (Fsp3) is 0.824. The van der Waals surface area contributed by atoms with Crippen molar-refractivity contribution in [3.8, 4) is 0 Å². The van der Waals surface area contributed by atoms with Crippen LogP contribution in [0.1, 0.15) is 53.4 Å². The predicted octanol–water partition coefficient (Wildman–Crippen LogP) is 3.96. The lowest BCUT2D eigenvalue weighted by Crippen LogP contribution is -2.37. The second-order valence-electron chi connectivity index (χ2n) is 7.73. The van der Waals surface area contributed by atoms with Crippen molar-refractivity contribution < 1.29 is 9.53 Å². The molecular weight excluding hydrogens is 236 g/mol. The topological polar surface area (TPSA) is 26.3 Å². The lowest BCUT2D eigenvalue weighted by Gasteiger charge is -2.38. The van der Waals surface area contributed by atoms with Crippen LogP contribution in [0.5, 0.6) is 0 Å². The van der Waals surface area contributed by atoms with Crippen molar-refractivity contribution in [2.45, 2.75) is 59.5 Å². The molecule has 0 N–H and O–H groups in total. The third-order valence-corrected chi connectivity index (χ3v) is 6.56. The van der Waals surface area contributed by atoms with Gasteiger partial charge < -0.3 is 4.74 Å². The first-order valence-corrected chi connectivity index (χ1v) is 7.64. The summed E-state index contributed by atoms with van der Waals surface area (Å²) in [6, 6.07) is 0. The molecule has 0 heterocycles. The molecule has 19 heavy (non-hydrogen) atoms. The zero-order chi connectivity index (χ0) is 14.0. The predicted molar refractivity (Wildman–Crippen MR) is 75.5 cm³/mol. The second-order valence-corrected chi connectivity index (χ2v) is 7.73. The number of hydrogen-bond acceptors (Lipinski definition) is 2. The Hall–Kier alpha value is -0.790. The van der Waals surface area contributed by atoms with Gasteiger partial charge in [0.1, 0.15) is 6.10 Å². The molecule has 5 atom stereocenters. The molecule has 3 aliphatic rings. The smallest absolute Gasteiger partial charge is 0.302 e. The van der Waals surface area contributed by atoms with Gasteiger partial charge in [0.25, 0.3) is 0 Å². The third kappa shape index (κ3) is 1.58. The third-order valence-electron chi connectivity index (χ3n) is 6.56. The molecule has 0 aromatic carbocycles. The van der Waals surface area contributed by atoms with E-state index in [1.165, 1.54) is 24.8 Å². The van der Waals surface area contributed by atoms with Gasteiger partial charge in [0.05, 0.1) is 0 Å². The van der Waals surface area contributed by atoms with Crippen LogP contribution in [0, 0.1) is 28.6 Å². The van der Waals surface area contributed by atoms with Gasteiger partial charge in [-0.15, -0.1) is 0 Å². The maximum Gasteiger partial charge on any atom is 0.302 e. The maximum absolute atomic E-state index is 11.4. The van der Waals surface area contributed by atoms with Crippen molar-refractivity contribution in [2.75, 3.05) is 0 Å². The van der Waals surface area contributed by atoms with E-state index in [1.54, 1.807) is 6.92 Å². The van der Waals surface area contributed by atoms with Crippen molar-refractivity contribution in [2.24, 2.45) is 28.6 Å². The molecule has 106 valence electrons. The van der Waals surface area contributed by atoms with E-state index in [0.29, 0.717) is 23.2 Å². The molecule has 0 amide bonds. The van der Waals surface area contributed by atoms with E-state index < -0.39 is 0 Å². The summed E-state index contributed by atoms with van der Waals surface area (Å²) in [6.45, 7) is 13.0. The van der Waals surface area contributed by atoms with E-state index in [-0.39, 0.29) is 17.5 Å². The van der Waals surface area contributed by atoms with Crippen LogP contribution >= 0.6 is 0 Å². The van der Waals surface area contributed by atoms with Crippen molar-refractivity contribution in [1.82, 2.24) is 0 Å². The average Bonchev–Trinajstić information content (AvgIpc) is 2.65. The van der Waals surface area contributed by atoms with Crippen LogP contribution in [0.2, 0.25) is 0 Å². The Morgan fingerprint density at radius 1 is 1.42 bits per heavy atom. The summed E-state index contributed by atoms with van der Waals surface area (Å²) in [5.74, 6) is 1.68. The molecule has 0 aromatic rings. The van der Waals surface area contributed by atoms with E-state index in [1.807, 2.05) is 0 Å². The summed E-state index contributed by atoms with van der Waals surface area (Å²) in [7, 11) is 0. The zero-order valence-corrected chi connectivity index (χ0v) is 12.7. The molecule has 3 saturated carbocycles. The molecule has 3 fully saturated rings. The summed E-state index contributed by atoms with van der Waals surface area (Å²) < 4.78 is 5.70. The molecule has 2 heteroatoms. The quantitative estimate of drug-likeness (QED) is 0.528. The molecule has 2 bridgehead atoms. The molecule has 5 unspecified atom stereocenters. The van der Waals surface area contributed by atoms with Gasteiger partial charge in [-0.1, -0.05) is 32.9 Å². The Morgan fingerprint density at radius 3 is 2.74 bits per heavy atom. The number of allylic oxidation sites excluding steroid dienone is 1. The highest BCUT2D eigenvalue weighted by molar-refractivity contribution is 5.66. The van der Waals surface area contributed by atoms with Crippen LogP contribution in [0.15, 0.2) is 12.2 Å². The number of rotatable bonds is 1. The summed E-state index contributed by atoms with van der Waals surface area (Å²) in [4.78, 5) is 11.4. The molecule has 0 aliphatic heterocycles. The minimum Gasteiger partial charge on any atom is -0.462 e. The molecule has 1 spiro atoms. The lowest BCUT2D eigenvalue weighted by atomic mass is 9.67.